The molecule has 0 bridgehead atoms. The van der Waals surface area contributed by atoms with Gasteiger partial charge in [0.15, 0.2) is 4.77 Å². The van der Waals surface area contributed by atoms with Crippen LogP contribution in [0.5, 0.6) is 0 Å². The number of amides is 1. The Labute approximate surface area is 73.2 Å². The molecule has 12 heavy (non-hydrogen) atoms. The second-order valence-electron chi connectivity index (χ2n) is 2.34. The summed E-state index contributed by atoms with van der Waals surface area (Å²) in [5, 5.41) is 5.55. The van der Waals surface area contributed by atoms with E-state index in [0.717, 1.165) is 0 Å². The lowest BCUT2D eigenvalue weighted by molar-refractivity contribution is 0.0952. The van der Waals surface area contributed by atoms with Crippen LogP contribution in [0.1, 0.15) is 10.4 Å². The second kappa shape index (κ2) is 2.56. The van der Waals surface area contributed by atoms with Crippen molar-refractivity contribution in [3.63, 3.8) is 0 Å². The Kier molecular flexibility index (Phi) is 1.54. The van der Waals surface area contributed by atoms with Gasteiger partial charge >= 0.3 is 0 Å². The van der Waals surface area contributed by atoms with Crippen molar-refractivity contribution in [1.29, 1.82) is 0 Å². The van der Waals surface area contributed by atoms with E-state index in [9.17, 15) is 4.79 Å². The van der Waals surface area contributed by atoms with Crippen LogP contribution in [0.15, 0.2) is 6.20 Å². The van der Waals surface area contributed by atoms with Crippen molar-refractivity contribution in [3.05, 3.63) is 16.5 Å². The molecule has 0 atom stereocenters. The Balaban J connectivity index is 2.60. The van der Waals surface area contributed by atoms with E-state index in [-0.39, 0.29) is 5.91 Å². The number of hydrogen-bond acceptors (Lipinski definition) is 4. The van der Waals surface area contributed by atoms with E-state index < -0.39 is 0 Å². The largest absolute Gasteiger partial charge is 0.354 e. The van der Waals surface area contributed by atoms with Crippen molar-refractivity contribution in [3.8, 4) is 0 Å². The minimum Gasteiger partial charge on any atom is -0.354 e. The van der Waals surface area contributed by atoms with Gasteiger partial charge in [0.1, 0.15) is 5.82 Å². The Bertz CT molecular complexity index is 385. The molecule has 0 saturated heterocycles. The van der Waals surface area contributed by atoms with Gasteiger partial charge in [0.2, 0.25) is 0 Å². The minimum absolute atomic E-state index is 0.137. The lowest BCUT2D eigenvalue weighted by atomic mass is 10.2. The zero-order valence-corrected chi connectivity index (χ0v) is 6.86. The normalized spacial score (nSPS) is 14.5. The molecule has 0 aromatic carbocycles. The van der Waals surface area contributed by atoms with E-state index in [4.69, 9.17) is 12.2 Å². The maximum Gasteiger partial charge on any atom is 0.257 e. The summed E-state index contributed by atoms with van der Waals surface area (Å²) in [6.45, 7) is 0.418. The van der Waals surface area contributed by atoms with E-state index in [1.54, 1.807) is 0 Å². The van der Waals surface area contributed by atoms with Gasteiger partial charge in [-0.3, -0.25) is 4.79 Å². The Morgan fingerprint density at radius 1 is 1.50 bits per heavy atom. The quantitative estimate of drug-likeness (QED) is 0.503. The van der Waals surface area contributed by atoms with Crippen LogP contribution in [-0.2, 0) is 0 Å². The number of nitrogens with zero attached hydrogens (tertiary/aromatic N) is 1. The first kappa shape index (κ1) is 7.23. The molecule has 0 unspecified atom stereocenters. The van der Waals surface area contributed by atoms with Crippen molar-refractivity contribution in [1.82, 2.24) is 15.3 Å². The van der Waals surface area contributed by atoms with Crippen LogP contribution >= 0.6 is 12.2 Å². The lowest BCUT2D eigenvalue weighted by Gasteiger charge is -2.16. The molecule has 0 fully saturated rings. The third-order valence-electron chi connectivity index (χ3n) is 1.57. The predicted molar refractivity (Wildman–Crippen MR) is 45.4 cm³/mol. The molecule has 1 aromatic heterocycles. The first-order chi connectivity index (χ1) is 5.77. The van der Waals surface area contributed by atoms with Crippen molar-refractivity contribution in [2.45, 2.75) is 0 Å². The summed E-state index contributed by atoms with van der Waals surface area (Å²) in [6, 6.07) is 0. The molecule has 0 radical (unpaired) electrons. The third kappa shape index (κ3) is 1.06. The number of aromatic amines is 1. The molecule has 3 N–H and O–H groups in total. The molecule has 2 heterocycles. The average Bonchev–Trinajstić information content (AvgIpc) is 2.04. The number of carbonyl (C=O) groups excluding carboxylic acids is 1. The van der Waals surface area contributed by atoms with Gasteiger partial charge in [-0.25, -0.2) is 4.98 Å². The molecule has 5 nitrogen and oxygen atoms in total. The summed E-state index contributed by atoms with van der Waals surface area (Å²) in [4.78, 5) is 17.7. The second-order valence-corrected chi connectivity index (χ2v) is 2.72. The maximum atomic E-state index is 11.2. The third-order valence-corrected chi connectivity index (χ3v) is 1.78. The van der Waals surface area contributed by atoms with Crippen molar-refractivity contribution >= 4 is 23.9 Å². The van der Waals surface area contributed by atoms with E-state index in [0.29, 0.717) is 22.8 Å². The van der Waals surface area contributed by atoms with Gasteiger partial charge in [-0.2, -0.15) is 0 Å². The van der Waals surface area contributed by atoms with Crippen LogP contribution in [0.2, 0.25) is 0 Å². The number of carbonyl (C=O) groups is 1. The standard InChI is InChI=1S/C6H6N4OS/c11-5-3-1-7-6(12)10-4(3)8-2-9-5/h1H,2H2,(H,9,11)(H2,7,8,10,12). The lowest BCUT2D eigenvalue weighted by Crippen LogP contribution is -2.35. The smallest absolute Gasteiger partial charge is 0.257 e. The molecule has 1 aliphatic heterocycles. The highest BCUT2D eigenvalue weighted by Gasteiger charge is 2.15. The molecule has 1 amide bonds. The molecular formula is C6H6N4OS. The Morgan fingerprint density at radius 3 is 3.17 bits per heavy atom. The molecule has 1 aromatic rings. The van der Waals surface area contributed by atoms with Crippen LogP contribution in [0.4, 0.5) is 5.82 Å². The topological polar surface area (TPSA) is 69.8 Å². The van der Waals surface area contributed by atoms with Gasteiger partial charge < -0.3 is 15.6 Å². The Morgan fingerprint density at radius 2 is 2.33 bits per heavy atom. The number of H-pyrrole nitrogens is 1. The van der Waals surface area contributed by atoms with Gasteiger partial charge in [0, 0.05) is 6.20 Å². The van der Waals surface area contributed by atoms with Crippen LogP contribution in [0.3, 0.4) is 0 Å². The summed E-state index contributed by atoms with van der Waals surface area (Å²) in [7, 11) is 0. The fourth-order valence-electron chi connectivity index (χ4n) is 1.01. The first-order valence-corrected chi connectivity index (χ1v) is 3.79. The van der Waals surface area contributed by atoms with Gasteiger partial charge in [-0.15, -0.1) is 0 Å². The summed E-state index contributed by atoms with van der Waals surface area (Å²) in [5.41, 5.74) is 0.495. The fraction of sp³-hybridized carbons (Fsp3) is 0.167. The first-order valence-electron chi connectivity index (χ1n) is 3.39. The van der Waals surface area contributed by atoms with Crippen LogP contribution in [-0.4, -0.2) is 22.5 Å². The molecule has 2 rings (SSSR count). The van der Waals surface area contributed by atoms with E-state index in [1.807, 2.05) is 0 Å². The molecule has 0 aliphatic carbocycles. The van der Waals surface area contributed by atoms with Crippen LogP contribution in [0, 0.1) is 4.77 Å². The van der Waals surface area contributed by atoms with E-state index in [1.165, 1.54) is 6.20 Å². The maximum absolute atomic E-state index is 11.2. The molecule has 1 aliphatic rings. The zero-order valence-electron chi connectivity index (χ0n) is 6.05. The SMILES string of the molecule is O=C1NCNc2[nH]c(=S)ncc21. The van der Waals surface area contributed by atoms with Crippen molar-refractivity contribution in [2.75, 3.05) is 12.0 Å². The highest BCUT2D eigenvalue weighted by Crippen LogP contribution is 2.12. The number of anilines is 1. The number of nitrogens with one attached hydrogen (secondary N) is 3. The van der Waals surface area contributed by atoms with Gasteiger partial charge in [0.25, 0.3) is 5.91 Å². The van der Waals surface area contributed by atoms with Crippen molar-refractivity contribution in [2.24, 2.45) is 0 Å². The summed E-state index contributed by atoms with van der Waals surface area (Å²) >= 11 is 4.80. The summed E-state index contributed by atoms with van der Waals surface area (Å²) in [6.07, 6.45) is 1.45. The molecule has 0 saturated carbocycles. The fourth-order valence-corrected chi connectivity index (χ4v) is 1.17. The summed E-state index contributed by atoms with van der Waals surface area (Å²) in [5.74, 6) is 0.501. The highest BCUT2D eigenvalue weighted by molar-refractivity contribution is 7.71. The van der Waals surface area contributed by atoms with Gasteiger partial charge in [0.05, 0.1) is 12.2 Å². The summed E-state index contributed by atoms with van der Waals surface area (Å²) < 4.78 is 0.371. The zero-order chi connectivity index (χ0) is 8.55. The Hall–Kier alpha value is -1.43. The average molecular weight is 182 g/mol. The van der Waals surface area contributed by atoms with Crippen molar-refractivity contribution < 1.29 is 4.79 Å². The van der Waals surface area contributed by atoms with Crippen LogP contribution in [0.25, 0.3) is 0 Å². The van der Waals surface area contributed by atoms with E-state index >= 15 is 0 Å². The van der Waals surface area contributed by atoms with E-state index in [2.05, 4.69) is 20.6 Å². The number of aromatic nitrogens is 2. The van der Waals surface area contributed by atoms with Crippen LogP contribution < -0.4 is 10.6 Å². The highest BCUT2D eigenvalue weighted by atomic mass is 32.1. The number of fused-ring (bicyclic) bond motifs is 1. The van der Waals surface area contributed by atoms with Gasteiger partial charge in [-0.05, 0) is 12.2 Å². The monoisotopic (exact) mass is 182 g/mol. The predicted octanol–water partition coefficient (Wildman–Crippen LogP) is 0.252. The molecular weight excluding hydrogens is 176 g/mol. The minimum atomic E-state index is -0.137. The number of hydrogen-bond donors (Lipinski definition) is 3. The molecule has 62 valence electrons. The molecule has 6 heteroatoms. The number of rotatable bonds is 0. The molecule has 0 spiro atoms. The van der Waals surface area contributed by atoms with Gasteiger partial charge in [-0.1, -0.05) is 0 Å².